The van der Waals surface area contributed by atoms with Gasteiger partial charge in [-0.25, -0.2) is 0 Å². The first-order chi connectivity index (χ1) is 11.2. The molecule has 0 bridgehead atoms. The lowest BCUT2D eigenvalue weighted by molar-refractivity contribution is 0.0924. The van der Waals surface area contributed by atoms with E-state index in [9.17, 15) is 4.79 Å². The van der Waals surface area contributed by atoms with E-state index in [0.29, 0.717) is 11.4 Å². The van der Waals surface area contributed by atoms with Gasteiger partial charge in [-0.15, -0.1) is 11.3 Å². The Labute approximate surface area is 150 Å². The Hall–Kier alpha value is -1.85. The summed E-state index contributed by atoms with van der Waals surface area (Å²) < 4.78 is 1.95. The number of aromatic nitrogens is 2. The van der Waals surface area contributed by atoms with Gasteiger partial charge in [0, 0.05) is 15.9 Å². The van der Waals surface area contributed by atoms with Gasteiger partial charge in [0.15, 0.2) is 0 Å². The lowest BCUT2D eigenvalue weighted by atomic mass is 10.1. The van der Waals surface area contributed by atoms with Crippen LogP contribution in [0.2, 0.25) is 5.02 Å². The van der Waals surface area contributed by atoms with Crippen molar-refractivity contribution in [1.29, 1.82) is 0 Å². The molecule has 3 aromatic rings. The zero-order valence-corrected chi connectivity index (χ0v) is 15.8. The summed E-state index contributed by atoms with van der Waals surface area (Å²) >= 11 is 7.42. The van der Waals surface area contributed by atoms with Crippen molar-refractivity contribution in [2.75, 3.05) is 0 Å². The summed E-state index contributed by atoms with van der Waals surface area (Å²) in [6.07, 6.45) is 0. The molecule has 126 valence electrons. The van der Waals surface area contributed by atoms with E-state index in [1.165, 1.54) is 11.3 Å². The molecule has 24 heavy (non-hydrogen) atoms. The van der Waals surface area contributed by atoms with E-state index in [-0.39, 0.29) is 11.4 Å². The number of carbonyl (C=O) groups is 1. The quantitative estimate of drug-likeness (QED) is 0.738. The molecule has 6 heteroatoms. The Kier molecular flexibility index (Phi) is 4.40. The third-order valence-electron chi connectivity index (χ3n) is 3.57. The molecule has 0 atom stereocenters. The average molecular weight is 362 g/mol. The summed E-state index contributed by atoms with van der Waals surface area (Å²) in [6, 6.07) is 9.67. The van der Waals surface area contributed by atoms with E-state index >= 15 is 0 Å². The maximum atomic E-state index is 12.4. The highest BCUT2D eigenvalue weighted by atomic mass is 35.5. The molecule has 0 unspecified atom stereocenters. The fourth-order valence-electron chi connectivity index (χ4n) is 2.50. The van der Waals surface area contributed by atoms with E-state index < -0.39 is 0 Å². The molecule has 3 rings (SSSR count). The Balaban J connectivity index is 1.92. The number of nitrogens with one attached hydrogen (secondary N) is 1. The third-order valence-corrected chi connectivity index (χ3v) is 4.96. The van der Waals surface area contributed by atoms with E-state index in [2.05, 4.69) is 10.4 Å². The average Bonchev–Trinajstić information content (AvgIpc) is 3.02. The molecule has 0 spiro atoms. The van der Waals surface area contributed by atoms with Crippen molar-refractivity contribution < 1.29 is 4.79 Å². The largest absolute Gasteiger partial charge is 0.347 e. The highest BCUT2D eigenvalue weighted by Gasteiger charge is 2.20. The zero-order chi connectivity index (χ0) is 17.5. The van der Waals surface area contributed by atoms with Gasteiger partial charge in [0.25, 0.3) is 5.91 Å². The highest BCUT2D eigenvalue weighted by Crippen LogP contribution is 2.29. The summed E-state index contributed by atoms with van der Waals surface area (Å²) in [5.41, 5.74) is 1.81. The standard InChI is InChI=1S/C18H20ClN3OS/c1-11-14-9-15(16(23)20-18(2,3)4)24-17(14)22(21-11)10-12-5-7-13(19)8-6-12/h5-9H,10H2,1-4H3,(H,20,23). The molecule has 4 nitrogen and oxygen atoms in total. The van der Waals surface area contributed by atoms with E-state index in [4.69, 9.17) is 11.6 Å². The SMILES string of the molecule is Cc1nn(Cc2ccc(Cl)cc2)c2sc(C(=O)NC(C)(C)C)cc12. The Morgan fingerprint density at radius 2 is 1.96 bits per heavy atom. The van der Waals surface area contributed by atoms with Gasteiger partial charge in [-0.1, -0.05) is 23.7 Å². The van der Waals surface area contributed by atoms with Gasteiger partial charge >= 0.3 is 0 Å². The van der Waals surface area contributed by atoms with Crippen LogP contribution in [-0.2, 0) is 6.54 Å². The van der Waals surface area contributed by atoms with Crippen molar-refractivity contribution in [3.05, 3.63) is 51.5 Å². The normalized spacial score (nSPS) is 11.9. The van der Waals surface area contributed by atoms with Crippen molar-refractivity contribution in [2.24, 2.45) is 0 Å². The number of thiophene rings is 1. The molecular formula is C18H20ClN3OS. The molecule has 1 aromatic carbocycles. The van der Waals surface area contributed by atoms with Crippen LogP contribution < -0.4 is 5.32 Å². The van der Waals surface area contributed by atoms with Gasteiger partial charge in [-0.3, -0.25) is 9.48 Å². The Morgan fingerprint density at radius 1 is 1.29 bits per heavy atom. The van der Waals surface area contributed by atoms with Crippen LogP contribution in [0.1, 0.15) is 41.7 Å². The van der Waals surface area contributed by atoms with Crippen molar-refractivity contribution >= 4 is 39.1 Å². The fraction of sp³-hybridized carbons (Fsp3) is 0.333. The van der Waals surface area contributed by atoms with Gasteiger partial charge in [0.05, 0.1) is 17.1 Å². The number of benzene rings is 1. The van der Waals surface area contributed by atoms with Gasteiger partial charge in [-0.05, 0) is 51.5 Å². The number of carbonyl (C=O) groups excluding carboxylic acids is 1. The van der Waals surface area contributed by atoms with Crippen molar-refractivity contribution in [3.63, 3.8) is 0 Å². The number of rotatable bonds is 3. The van der Waals surface area contributed by atoms with Crippen LogP contribution in [0.15, 0.2) is 30.3 Å². The maximum absolute atomic E-state index is 12.4. The topological polar surface area (TPSA) is 46.9 Å². The third kappa shape index (κ3) is 3.62. The number of fused-ring (bicyclic) bond motifs is 1. The van der Waals surface area contributed by atoms with Gasteiger partial charge in [-0.2, -0.15) is 5.10 Å². The summed E-state index contributed by atoms with van der Waals surface area (Å²) in [7, 11) is 0. The molecule has 0 saturated carbocycles. The Bertz CT molecular complexity index is 888. The number of aryl methyl sites for hydroxylation is 1. The number of halogens is 1. The van der Waals surface area contributed by atoms with E-state index in [1.807, 2.05) is 62.7 Å². The minimum Gasteiger partial charge on any atom is -0.347 e. The predicted octanol–water partition coefficient (Wildman–Crippen LogP) is 4.64. The molecule has 0 fully saturated rings. The monoisotopic (exact) mass is 361 g/mol. The first-order valence-corrected chi connectivity index (χ1v) is 8.96. The second-order valence-electron chi connectivity index (χ2n) is 6.90. The van der Waals surface area contributed by atoms with Crippen molar-refractivity contribution in [2.45, 2.75) is 39.8 Å². The van der Waals surface area contributed by atoms with Gasteiger partial charge in [0.1, 0.15) is 4.83 Å². The number of hydrogen-bond acceptors (Lipinski definition) is 3. The molecule has 0 saturated heterocycles. The minimum absolute atomic E-state index is 0.0406. The summed E-state index contributed by atoms with van der Waals surface area (Å²) in [4.78, 5) is 14.1. The lowest BCUT2D eigenvalue weighted by Crippen LogP contribution is -2.40. The van der Waals surface area contributed by atoms with Crippen molar-refractivity contribution in [3.8, 4) is 0 Å². The second kappa shape index (κ2) is 6.22. The number of amides is 1. The van der Waals surface area contributed by atoms with Crippen LogP contribution in [0.4, 0.5) is 0 Å². The number of hydrogen-bond donors (Lipinski definition) is 1. The van der Waals surface area contributed by atoms with Crippen LogP contribution >= 0.6 is 22.9 Å². The van der Waals surface area contributed by atoms with Crippen LogP contribution in [0.3, 0.4) is 0 Å². The first kappa shape index (κ1) is 17.0. The van der Waals surface area contributed by atoms with Gasteiger partial charge < -0.3 is 5.32 Å². The second-order valence-corrected chi connectivity index (χ2v) is 8.37. The van der Waals surface area contributed by atoms with Crippen LogP contribution in [0.5, 0.6) is 0 Å². The highest BCUT2D eigenvalue weighted by molar-refractivity contribution is 7.20. The summed E-state index contributed by atoms with van der Waals surface area (Å²) in [6.45, 7) is 8.56. The molecule has 2 heterocycles. The van der Waals surface area contributed by atoms with Crippen molar-refractivity contribution in [1.82, 2.24) is 15.1 Å². The maximum Gasteiger partial charge on any atom is 0.261 e. The smallest absolute Gasteiger partial charge is 0.261 e. The summed E-state index contributed by atoms with van der Waals surface area (Å²) in [5.74, 6) is -0.0406. The van der Waals surface area contributed by atoms with E-state index in [1.54, 1.807) is 0 Å². The first-order valence-electron chi connectivity index (χ1n) is 7.77. The molecule has 0 aliphatic carbocycles. The molecule has 2 aromatic heterocycles. The number of nitrogens with zero attached hydrogens (tertiary/aromatic N) is 2. The Morgan fingerprint density at radius 3 is 2.58 bits per heavy atom. The molecular weight excluding hydrogens is 342 g/mol. The molecule has 1 N–H and O–H groups in total. The van der Waals surface area contributed by atoms with Gasteiger partial charge in [0.2, 0.25) is 0 Å². The van der Waals surface area contributed by atoms with Crippen LogP contribution in [-0.4, -0.2) is 21.2 Å². The zero-order valence-electron chi connectivity index (χ0n) is 14.2. The fourth-order valence-corrected chi connectivity index (χ4v) is 3.68. The van der Waals surface area contributed by atoms with Crippen LogP contribution in [0.25, 0.3) is 10.2 Å². The predicted molar refractivity (Wildman–Crippen MR) is 100 cm³/mol. The molecule has 1 amide bonds. The summed E-state index contributed by atoms with van der Waals surface area (Å²) in [5, 5.41) is 9.37. The minimum atomic E-state index is -0.252. The molecule has 0 radical (unpaired) electrons. The van der Waals surface area contributed by atoms with E-state index in [0.717, 1.165) is 26.5 Å². The van der Waals surface area contributed by atoms with Crippen LogP contribution in [0, 0.1) is 6.92 Å². The lowest BCUT2D eigenvalue weighted by Gasteiger charge is -2.19. The molecule has 0 aliphatic heterocycles. The molecule has 0 aliphatic rings.